The summed E-state index contributed by atoms with van der Waals surface area (Å²) in [5.41, 5.74) is 0.559. The fraction of sp³-hybridized carbons (Fsp3) is 0.889. The second-order valence-electron chi connectivity index (χ2n) is 3.81. The predicted octanol–water partition coefficient (Wildman–Crippen LogP) is 0.901. The molecule has 2 N–H and O–H groups in total. The molecule has 2 aliphatic heterocycles. The van der Waals surface area contributed by atoms with E-state index in [4.69, 9.17) is 0 Å². The van der Waals surface area contributed by atoms with Crippen LogP contribution in [0.15, 0.2) is 0 Å². The monoisotopic (exact) mass is 153 g/mol. The summed E-state index contributed by atoms with van der Waals surface area (Å²) in [6.45, 7) is 5.96. The van der Waals surface area contributed by atoms with E-state index in [2.05, 4.69) is 17.2 Å². The topological polar surface area (TPSA) is 24.1 Å². The fourth-order valence-corrected chi connectivity index (χ4v) is 2.22. The summed E-state index contributed by atoms with van der Waals surface area (Å²) >= 11 is 0. The highest BCUT2D eigenvalue weighted by Gasteiger charge is 2.33. The molecular formula is C9H17N2. The van der Waals surface area contributed by atoms with Crippen LogP contribution in [0.4, 0.5) is 0 Å². The van der Waals surface area contributed by atoms with Gasteiger partial charge in [0.05, 0.1) is 0 Å². The maximum absolute atomic E-state index is 3.41. The van der Waals surface area contributed by atoms with Crippen LogP contribution < -0.4 is 10.6 Å². The number of nitrogens with one attached hydrogen (secondary N) is 2. The molecule has 63 valence electrons. The van der Waals surface area contributed by atoms with Crippen molar-refractivity contribution in [1.82, 2.24) is 10.6 Å². The molecule has 0 aromatic carbocycles. The van der Waals surface area contributed by atoms with Crippen LogP contribution in [-0.2, 0) is 0 Å². The summed E-state index contributed by atoms with van der Waals surface area (Å²) in [4.78, 5) is 0. The first-order valence-electron chi connectivity index (χ1n) is 4.70. The van der Waals surface area contributed by atoms with Gasteiger partial charge in [-0.25, -0.2) is 0 Å². The van der Waals surface area contributed by atoms with Crippen molar-refractivity contribution < 1.29 is 0 Å². The molecule has 2 heterocycles. The van der Waals surface area contributed by atoms with Crippen LogP contribution in [0.1, 0.15) is 25.7 Å². The van der Waals surface area contributed by atoms with Crippen LogP contribution in [0.2, 0.25) is 0 Å². The van der Waals surface area contributed by atoms with Crippen molar-refractivity contribution in [3.8, 4) is 0 Å². The van der Waals surface area contributed by atoms with E-state index in [9.17, 15) is 0 Å². The van der Waals surface area contributed by atoms with Gasteiger partial charge in [-0.15, -0.1) is 0 Å². The van der Waals surface area contributed by atoms with Crippen molar-refractivity contribution in [3.63, 3.8) is 0 Å². The van der Waals surface area contributed by atoms with E-state index in [1.165, 1.54) is 45.3 Å². The van der Waals surface area contributed by atoms with Crippen LogP contribution in [0, 0.1) is 12.0 Å². The number of piperidine rings is 2. The quantitative estimate of drug-likeness (QED) is 0.540. The van der Waals surface area contributed by atoms with Crippen molar-refractivity contribution in [2.24, 2.45) is 5.41 Å². The van der Waals surface area contributed by atoms with Gasteiger partial charge in [-0.05, 0) is 50.7 Å². The maximum Gasteiger partial charge on any atom is 0.0283 e. The fourth-order valence-electron chi connectivity index (χ4n) is 2.22. The van der Waals surface area contributed by atoms with Crippen LogP contribution >= 0.6 is 0 Å². The SMILES string of the molecule is [CH]1NCCCC12CCNCC2. The molecule has 0 aliphatic carbocycles. The van der Waals surface area contributed by atoms with Crippen LogP contribution in [0.3, 0.4) is 0 Å². The molecule has 2 nitrogen and oxygen atoms in total. The lowest BCUT2D eigenvalue weighted by molar-refractivity contribution is 0.189. The Bertz CT molecular complexity index is 102. The van der Waals surface area contributed by atoms with Gasteiger partial charge in [-0.3, -0.25) is 0 Å². The third-order valence-corrected chi connectivity index (χ3v) is 3.00. The number of rotatable bonds is 0. The van der Waals surface area contributed by atoms with Crippen LogP contribution in [-0.4, -0.2) is 19.6 Å². The summed E-state index contributed by atoms with van der Waals surface area (Å²) in [6, 6.07) is 0. The minimum absolute atomic E-state index is 0.559. The van der Waals surface area contributed by atoms with Gasteiger partial charge in [0.15, 0.2) is 0 Å². The Morgan fingerprint density at radius 3 is 2.45 bits per heavy atom. The number of hydrogen-bond acceptors (Lipinski definition) is 2. The molecule has 2 rings (SSSR count). The van der Waals surface area contributed by atoms with E-state index in [1.807, 2.05) is 0 Å². The van der Waals surface area contributed by atoms with Gasteiger partial charge in [0.2, 0.25) is 0 Å². The first kappa shape index (κ1) is 7.56. The molecule has 1 radical (unpaired) electrons. The Morgan fingerprint density at radius 1 is 1.00 bits per heavy atom. The summed E-state index contributed by atoms with van der Waals surface area (Å²) in [5, 5.41) is 6.80. The molecule has 2 saturated heterocycles. The molecule has 2 aliphatic rings. The second kappa shape index (κ2) is 3.11. The molecule has 0 unspecified atom stereocenters. The van der Waals surface area contributed by atoms with Crippen molar-refractivity contribution in [3.05, 3.63) is 6.54 Å². The van der Waals surface area contributed by atoms with E-state index in [1.54, 1.807) is 0 Å². The van der Waals surface area contributed by atoms with Gasteiger partial charge >= 0.3 is 0 Å². The zero-order chi connectivity index (χ0) is 7.57. The highest BCUT2D eigenvalue weighted by molar-refractivity contribution is 4.96. The minimum atomic E-state index is 0.559. The largest absolute Gasteiger partial charge is 0.317 e. The molecule has 0 saturated carbocycles. The first-order chi connectivity index (χ1) is 5.41. The lowest BCUT2D eigenvalue weighted by atomic mass is 9.73. The molecule has 0 bridgehead atoms. The Kier molecular flexibility index (Phi) is 2.14. The van der Waals surface area contributed by atoms with Crippen molar-refractivity contribution in [2.45, 2.75) is 25.7 Å². The Balaban J connectivity index is 1.94. The molecule has 11 heavy (non-hydrogen) atoms. The maximum atomic E-state index is 3.41. The normalized spacial score (nSPS) is 30.5. The first-order valence-corrected chi connectivity index (χ1v) is 4.70. The van der Waals surface area contributed by atoms with Crippen molar-refractivity contribution in [1.29, 1.82) is 0 Å². The average Bonchev–Trinajstić information content (AvgIpc) is 2.07. The molecule has 1 spiro atoms. The van der Waals surface area contributed by atoms with Crippen molar-refractivity contribution >= 4 is 0 Å². The van der Waals surface area contributed by atoms with Gasteiger partial charge in [0.25, 0.3) is 0 Å². The predicted molar refractivity (Wildman–Crippen MR) is 46.1 cm³/mol. The highest BCUT2D eigenvalue weighted by atomic mass is 14.9. The molecular weight excluding hydrogens is 136 g/mol. The van der Waals surface area contributed by atoms with Gasteiger partial charge < -0.3 is 10.6 Å². The molecule has 2 heteroatoms. The Labute approximate surface area is 68.7 Å². The number of hydrogen-bond donors (Lipinski definition) is 2. The van der Waals surface area contributed by atoms with Gasteiger partial charge in [-0.1, -0.05) is 0 Å². The Morgan fingerprint density at radius 2 is 1.82 bits per heavy atom. The van der Waals surface area contributed by atoms with E-state index >= 15 is 0 Å². The summed E-state index contributed by atoms with van der Waals surface area (Å²) in [6.07, 6.45) is 5.43. The summed E-state index contributed by atoms with van der Waals surface area (Å²) in [5.74, 6) is 0. The zero-order valence-corrected chi connectivity index (χ0v) is 7.03. The summed E-state index contributed by atoms with van der Waals surface area (Å²) in [7, 11) is 0. The highest BCUT2D eigenvalue weighted by Crippen LogP contribution is 2.37. The van der Waals surface area contributed by atoms with Crippen molar-refractivity contribution in [2.75, 3.05) is 19.6 Å². The second-order valence-corrected chi connectivity index (χ2v) is 3.81. The third kappa shape index (κ3) is 1.57. The van der Waals surface area contributed by atoms with Gasteiger partial charge in [-0.2, -0.15) is 0 Å². The van der Waals surface area contributed by atoms with E-state index in [0.717, 1.165) is 0 Å². The standard InChI is InChI=1S/C9H17N2/c1-2-9(8-11-5-1)3-6-10-7-4-9/h8,10-11H,1-7H2. The van der Waals surface area contributed by atoms with Crippen LogP contribution in [0.25, 0.3) is 0 Å². The summed E-state index contributed by atoms with van der Waals surface area (Å²) < 4.78 is 0. The zero-order valence-electron chi connectivity index (χ0n) is 7.03. The lowest BCUT2D eigenvalue weighted by Gasteiger charge is -2.40. The third-order valence-electron chi connectivity index (χ3n) is 3.00. The molecule has 0 aromatic rings. The van der Waals surface area contributed by atoms with E-state index in [0.29, 0.717) is 5.41 Å². The van der Waals surface area contributed by atoms with Crippen LogP contribution in [0.5, 0.6) is 0 Å². The van der Waals surface area contributed by atoms with Gasteiger partial charge in [0, 0.05) is 6.54 Å². The molecule has 0 amide bonds. The van der Waals surface area contributed by atoms with E-state index < -0.39 is 0 Å². The lowest BCUT2D eigenvalue weighted by Crippen LogP contribution is -2.43. The van der Waals surface area contributed by atoms with Gasteiger partial charge in [0.1, 0.15) is 0 Å². The molecule has 2 fully saturated rings. The molecule has 0 aromatic heterocycles. The molecule has 0 atom stereocenters. The average molecular weight is 153 g/mol. The van der Waals surface area contributed by atoms with E-state index in [-0.39, 0.29) is 0 Å². The smallest absolute Gasteiger partial charge is 0.0283 e. The minimum Gasteiger partial charge on any atom is -0.317 e. The Hall–Kier alpha value is -0.0800.